The maximum atomic E-state index is 10.8. The van der Waals surface area contributed by atoms with Crippen molar-refractivity contribution in [2.75, 3.05) is 7.11 Å². The minimum absolute atomic E-state index is 0.675. The van der Waals surface area contributed by atoms with E-state index < -0.39 is 5.60 Å². The topological polar surface area (TPSA) is 26.3 Å². The molecular weight excluding hydrogens is 212 g/mol. The van der Waals surface area contributed by atoms with Crippen molar-refractivity contribution in [1.82, 2.24) is 0 Å². The number of ether oxygens (including phenoxy) is 1. The van der Waals surface area contributed by atoms with Gasteiger partial charge < -0.3 is 9.53 Å². The zero-order chi connectivity index (χ0) is 11.3. The molecule has 0 bridgehead atoms. The first-order valence-electron chi connectivity index (χ1n) is 4.85. The second kappa shape index (κ2) is 5.29. The van der Waals surface area contributed by atoms with Gasteiger partial charge in [-0.3, -0.25) is 0 Å². The van der Waals surface area contributed by atoms with Gasteiger partial charge in [-0.05, 0) is 37.5 Å². The van der Waals surface area contributed by atoms with Crippen molar-refractivity contribution in [1.29, 1.82) is 0 Å². The fourth-order valence-corrected chi connectivity index (χ4v) is 1.38. The van der Waals surface area contributed by atoms with Crippen molar-refractivity contribution in [3.8, 4) is 0 Å². The quantitative estimate of drug-likeness (QED) is 0.722. The Labute approximate surface area is 95.2 Å². The molecule has 3 heteroatoms. The molecule has 2 nitrogen and oxygen atoms in total. The molecule has 0 saturated heterocycles. The lowest BCUT2D eigenvalue weighted by Gasteiger charge is -2.20. The van der Waals surface area contributed by atoms with Crippen LogP contribution in [-0.2, 0) is 16.0 Å². The summed E-state index contributed by atoms with van der Waals surface area (Å²) in [5, 5.41) is 0.726. The van der Waals surface area contributed by atoms with E-state index in [1.54, 1.807) is 14.0 Å². The van der Waals surface area contributed by atoms with Gasteiger partial charge in [-0.25, -0.2) is 0 Å². The molecule has 0 amide bonds. The van der Waals surface area contributed by atoms with E-state index in [9.17, 15) is 4.79 Å². The van der Waals surface area contributed by atoms with Crippen molar-refractivity contribution < 1.29 is 9.53 Å². The van der Waals surface area contributed by atoms with Crippen LogP contribution in [0.4, 0.5) is 0 Å². The number of aryl methyl sites for hydroxylation is 1. The zero-order valence-corrected chi connectivity index (χ0v) is 9.75. The lowest BCUT2D eigenvalue weighted by Crippen LogP contribution is -2.29. The number of carbonyl (C=O) groups is 1. The Kier molecular flexibility index (Phi) is 4.30. The standard InChI is InChI=1S/C12H15ClO2/c1-12(9-14,15-2)8-7-10-3-5-11(13)6-4-10/h3-6,9H,7-8H2,1-2H3. The molecule has 15 heavy (non-hydrogen) atoms. The third kappa shape index (κ3) is 3.65. The highest BCUT2D eigenvalue weighted by Gasteiger charge is 2.21. The van der Waals surface area contributed by atoms with Crippen molar-refractivity contribution in [2.45, 2.75) is 25.4 Å². The van der Waals surface area contributed by atoms with Gasteiger partial charge in [-0.15, -0.1) is 0 Å². The SMILES string of the molecule is COC(C)(C=O)CCc1ccc(Cl)cc1. The van der Waals surface area contributed by atoms with Crippen LogP contribution in [0, 0.1) is 0 Å². The lowest BCUT2D eigenvalue weighted by molar-refractivity contribution is -0.126. The van der Waals surface area contributed by atoms with Gasteiger partial charge in [-0.1, -0.05) is 23.7 Å². The smallest absolute Gasteiger partial charge is 0.151 e. The maximum Gasteiger partial charge on any atom is 0.151 e. The van der Waals surface area contributed by atoms with E-state index in [0.29, 0.717) is 6.42 Å². The first-order chi connectivity index (χ1) is 7.09. The summed E-state index contributed by atoms with van der Waals surface area (Å²) in [6, 6.07) is 7.62. The molecule has 0 aliphatic carbocycles. The highest BCUT2D eigenvalue weighted by Crippen LogP contribution is 2.17. The highest BCUT2D eigenvalue weighted by molar-refractivity contribution is 6.30. The number of halogens is 1. The molecule has 1 unspecified atom stereocenters. The molecule has 1 aromatic carbocycles. The van der Waals surface area contributed by atoms with Crippen LogP contribution in [0.25, 0.3) is 0 Å². The molecule has 0 aromatic heterocycles. The molecule has 0 radical (unpaired) electrons. The fraction of sp³-hybridized carbons (Fsp3) is 0.417. The fourth-order valence-electron chi connectivity index (χ4n) is 1.25. The minimum Gasteiger partial charge on any atom is -0.371 e. The summed E-state index contributed by atoms with van der Waals surface area (Å²) in [7, 11) is 1.55. The van der Waals surface area contributed by atoms with Gasteiger partial charge in [0, 0.05) is 12.1 Å². The normalized spacial score (nSPS) is 14.6. The van der Waals surface area contributed by atoms with Crippen molar-refractivity contribution in [3.63, 3.8) is 0 Å². The molecule has 82 valence electrons. The van der Waals surface area contributed by atoms with Crippen LogP contribution in [-0.4, -0.2) is 19.0 Å². The van der Waals surface area contributed by atoms with Crippen LogP contribution in [0.15, 0.2) is 24.3 Å². The van der Waals surface area contributed by atoms with Gasteiger partial charge in [0.05, 0.1) is 0 Å². The number of hydrogen-bond donors (Lipinski definition) is 0. The van der Waals surface area contributed by atoms with E-state index in [1.165, 1.54) is 0 Å². The molecule has 0 N–H and O–H groups in total. The number of methoxy groups -OCH3 is 1. The van der Waals surface area contributed by atoms with Crippen molar-refractivity contribution >= 4 is 17.9 Å². The largest absolute Gasteiger partial charge is 0.371 e. The summed E-state index contributed by atoms with van der Waals surface area (Å²) in [5.41, 5.74) is 0.476. The Morgan fingerprint density at radius 1 is 1.40 bits per heavy atom. The summed E-state index contributed by atoms with van der Waals surface area (Å²) in [6.45, 7) is 1.79. The number of aldehydes is 1. The van der Waals surface area contributed by atoms with Gasteiger partial charge in [0.25, 0.3) is 0 Å². The monoisotopic (exact) mass is 226 g/mol. The van der Waals surface area contributed by atoms with Crippen LogP contribution in [0.5, 0.6) is 0 Å². The Morgan fingerprint density at radius 3 is 2.47 bits per heavy atom. The third-order valence-electron chi connectivity index (χ3n) is 2.54. The van der Waals surface area contributed by atoms with Gasteiger partial charge in [-0.2, -0.15) is 0 Å². The number of benzene rings is 1. The summed E-state index contributed by atoms with van der Waals surface area (Å²) < 4.78 is 5.14. The number of hydrogen-bond acceptors (Lipinski definition) is 2. The van der Waals surface area contributed by atoms with E-state index in [2.05, 4.69) is 0 Å². The Balaban J connectivity index is 2.56. The molecule has 0 saturated carbocycles. The number of carbonyl (C=O) groups excluding carboxylic acids is 1. The van der Waals surface area contributed by atoms with E-state index in [0.717, 1.165) is 23.3 Å². The van der Waals surface area contributed by atoms with E-state index in [1.807, 2.05) is 24.3 Å². The van der Waals surface area contributed by atoms with Gasteiger partial charge in [0.15, 0.2) is 6.29 Å². The van der Waals surface area contributed by atoms with Gasteiger partial charge >= 0.3 is 0 Å². The van der Waals surface area contributed by atoms with E-state index in [4.69, 9.17) is 16.3 Å². The van der Waals surface area contributed by atoms with Gasteiger partial charge in [0.2, 0.25) is 0 Å². The Bertz CT molecular complexity index is 321. The van der Waals surface area contributed by atoms with Crippen LogP contribution < -0.4 is 0 Å². The Hall–Kier alpha value is -0.860. The van der Waals surface area contributed by atoms with Crippen LogP contribution >= 0.6 is 11.6 Å². The average Bonchev–Trinajstić information content (AvgIpc) is 2.28. The zero-order valence-electron chi connectivity index (χ0n) is 9.00. The molecule has 1 aromatic rings. The molecule has 0 aliphatic heterocycles. The molecule has 0 spiro atoms. The predicted molar refractivity (Wildman–Crippen MR) is 61.3 cm³/mol. The first kappa shape index (κ1) is 12.2. The van der Waals surface area contributed by atoms with E-state index in [-0.39, 0.29) is 0 Å². The molecule has 1 rings (SSSR count). The van der Waals surface area contributed by atoms with Crippen molar-refractivity contribution in [2.24, 2.45) is 0 Å². The highest BCUT2D eigenvalue weighted by atomic mass is 35.5. The molecule has 1 atom stereocenters. The summed E-state index contributed by atoms with van der Waals surface area (Å²) in [6.07, 6.45) is 2.33. The molecule has 0 aliphatic rings. The van der Waals surface area contributed by atoms with Crippen LogP contribution in [0.3, 0.4) is 0 Å². The number of rotatable bonds is 5. The Morgan fingerprint density at radius 2 is 2.00 bits per heavy atom. The molecule has 0 heterocycles. The van der Waals surface area contributed by atoms with Crippen LogP contribution in [0.1, 0.15) is 18.9 Å². The second-order valence-electron chi connectivity index (χ2n) is 3.76. The third-order valence-corrected chi connectivity index (χ3v) is 2.79. The maximum absolute atomic E-state index is 10.8. The van der Waals surface area contributed by atoms with E-state index >= 15 is 0 Å². The molecular formula is C12H15ClO2. The van der Waals surface area contributed by atoms with Crippen LogP contribution in [0.2, 0.25) is 5.02 Å². The lowest BCUT2D eigenvalue weighted by atomic mass is 9.98. The van der Waals surface area contributed by atoms with Gasteiger partial charge in [0.1, 0.15) is 5.60 Å². The minimum atomic E-state index is -0.681. The summed E-state index contributed by atoms with van der Waals surface area (Å²) in [5.74, 6) is 0. The average molecular weight is 227 g/mol. The summed E-state index contributed by atoms with van der Waals surface area (Å²) >= 11 is 5.78. The van der Waals surface area contributed by atoms with Crippen molar-refractivity contribution in [3.05, 3.63) is 34.9 Å². The molecule has 0 fully saturated rings. The summed E-state index contributed by atoms with van der Waals surface area (Å²) in [4.78, 5) is 10.8. The predicted octanol–water partition coefficient (Wildman–Crippen LogP) is 2.88. The first-order valence-corrected chi connectivity index (χ1v) is 5.23. The second-order valence-corrected chi connectivity index (χ2v) is 4.20.